The molecule has 0 aliphatic heterocycles. The van der Waals surface area contributed by atoms with Crippen molar-refractivity contribution in [2.45, 2.75) is 26.3 Å². The molecule has 2 nitrogen and oxygen atoms in total. The molecule has 1 unspecified atom stereocenters. The summed E-state index contributed by atoms with van der Waals surface area (Å²) in [6, 6.07) is 8.01. The maximum absolute atomic E-state index is 8.49. The minimum Gasteiger partial charge on any atom is -0.323 e. The van der Waals surface area contributed by atoms with Crippen molar-refractivity contribution in [3.63, 3.8) is 0 Å². The van der Waals surface area contributed by atoms with E-state index in [-0.39, 0.29) is 6.04 Å². The molecule has 0 aliphatic carbocycles. The topological polar surface area (TPSA) is 49.8 Å². The Morgan fingerprint density at radius 3 is 2.62 bits per heavy atom. The third-order valence-corrected chi connectivity index (χ3v) is 2.27. The third-order valence-electron chi connectivity index (χ3n) is 2.27. The summed E-state index contributed by atoms with van der Waals surface area (Å²) < 4.78 is 0. The number of rotatable bonds is 2. The smallest absolute Gasteiger partial charge is 0.0641 e. The van der Waals surface area contributed by atoms with Crippen LogP contribution in [0.2, 0.25) is 0 Å². The Morgan fingerprint density at radius 2 is 2.08 bits per heavy atom. The Bertz CT molecular complexity index is 336. The number of nitrogens with zero attached hydrogens (tertiary/aromatic N) is 1. The molecule has 0 heterocycles. The van der Waals surface area contributed by atoms with Gasteiger partial charge >= 0.3 is 0 Å². The fourth-order valence-electron chi connectivity index (χ4n) is 1.21. The Balaban J connectivity index is 2.91. The first-order valence-corrected chi connectivity index (χ1v) is 4.35. The summed E-state index contributed by atoms with van der Waals surface area (Å²) in [5, 5.41) is 8.49. The molecule has 0 aliphatic rings. The van der Waals surface area contributed by atoms with E-state index >= 15 is 0 Å². The predicted molar refractivity (Wildman–Crippen MR) is 53.1 cm³/mol. The summed E-state index contributed by atoms with van der Waals surface area (Å²) in [5.74, 6) is 0. The zero-order chi connectivity index (χ0) is 9.84. The zero-order valence-electron chi connectivity index (χ0n) is 8.04. The molecule has 0 saturated carbocycles. The van der Waals surface area contributed by atoms with Gasteiger partial charge in [-0.3, -0.25) is 0 Å². The zero-order valence-corrected chi connectivity index (χ0v) is 8.04. The van der Waals surface area contributed by atoms with Gasteiger partial charge in [-0.2, -0.15) is 5.26 Å². The molecule has 0 radical (unpaired) electrons. The molecule has 1 atom stereocenters. The van der Waals surface area contributed by atoms with Gasteiger partial charge in [0.1, 0.15) is 0 Å². The van der Waals surface area contributed by atoms with Gasteiger partial charge in [-0.05, 0) is 30.5 Å². The van der Waals surface area contributed by atoms with Crippen LogP contribution in [0.5, 0.6) is 0 Å². The SMILES string of the molecule is Cc1ccc(C(N)CC#N)cc1C. The Labute approximate surface area is 79.0 Å². The van der Waals surface area contributed by atoms with E-state index in [1.165, 1.54) is 11.1 Å². The number of nitriles is 1. The van der Waals surface area contributed by atoms with E-state index in [1.54, 1.807) is 0 Å². The fraction of sp³-hybridized carbons (Fsp3) is 0.364. The highest BCUT2D eigenvalue weighted by Gasteiger charge is 2.05. The lowest BCUT2D eigenvalue weighted by atomic mass is 10.0. The van der Waals surface area contributed by atoms with Gasteiger partial charge in [0, 0.05) is 6.04 Å². The molecule has 1 rings (SSSR count). The molecule has 1 aromatic rings. The molecular weight excluding hydrogens is 160 g/mol. The van der Waals surface area contributed by atoms with Gasteiger partial charge in [0.15, 0.2) is 0 Å². The first kappa shape index (κ1) is 9.76. The van der Waals surface area contributed by atoms with E-state index in [1.807, 2.05) is 12.1 Å². The number of benzene rings is 1. The second-order valence-electron chi connectivity index (χ2n) is 3.31. The highest BCUT2D eigenvalue weighted by Crippen LogP contribution is 2.17. The molecule has 2 heteroatoms. The normalized spacial score (nSPS) is 12.2. The van der Waals surface area contributed by atoms with Gasteiger partial charge < -0.3 is 5.73 Å². The van der Waals surface area contributed by atoms with E-state index < -0.39 is 0 Å². The van der Waals surface area contributed by atoms with Crippen molar-refractivity contribution in [3.05, 3.63) is 34.9 Å². The number of hydrogen-bond donors (Lipinski definition) is 1. The van der Waals surface area contributed by atoms with Crippen molar-refractivity contribution in [1.29, 1.82) is 5.26 Å². The number of hydrogen-bond acceptors (Lipinski definition) is 2. The standard InChI is InChI=1S/C11H14N2/c1-8-3-4-10(7-9(8)2)11(13)5-6-12/h3-4,7,11H,5,13H2,1-2H3. The summed E-state index contributed by atoms with van der Waals surface area (Å²) in [6.07, 6.45) is 0.377. The number of aryl methyl sites for hydroxylation is 2. The van der Waals surface area contributed by atoms with Crippen molar-refractivity contribution in [2.75, 3.05) is 0 Å². The van der Waals surface area contributed by atoms with Gasteiger partial charge in [0.05, 0.1) is 12.5 Å². The summed E-state index contributed by atoms with van der Waals surface area (Å²) in [5.41, 5.74) is 9.33. The molecule has 0 saturated heterocycles. The van der Waals surface area contributed by atoms with E-state index in [9.17, 15) is 0 Å². The first-order chi connectivity index (χ1) is 6.15. The van der Waals surface area contributed by atoms with Gasteiger partial charge in [-0.15, -0.1) is 0 Å². The Morgan fingerprint density at radius 1 is 1.38 bits per heavy atom. The van der Waals surface area contributed by atoms with Gasteiger partial charge in [0.25, 0.3) is 0 Å². The maximum Gasteiger partial charge on any atom is 0.0641 e. The van der Waals surface area contributed by atoms with E-state index in [4.69, 9.17) is 11.0 Å². The van der Waals surface area contributed by atoms with Gasteiger partial charge in [-0.25, -0.2) is 0 Å². The third kappa shape index (κ3) is 2.30. The molecule has 2 N–H and O–H groups in total. The monoisotopic (exact) mass is 174 g/mol. The first-order valence-electron chi connectivity index (χ1n) is 4.35. The second-order valence-corrected chi connectivity index (χ2v) is 3.31. The van der Waals surface area contributed by atoms with Crippen LogP contribution in [0.25, 0.3) is 0 Å². The Kier molecular flexibility index (Phi) is 3.05. The van der Waals surface area contributed by atoms with Crippen molar-refractivity contribution in [3.8, 4) is 6.07 Å². The van der Waals surface area contributed by atoms with Crippen LogP contribution in [0.3, 0.4) is 0 Å². The molecule has 0 fully saturated rings. The van der Waals surface area contributed by atoms with Crippen molar-refractivity contribution < 1.29 is 0 Å². The predicted octanol–water partition coefficient (Wildman–Crippen LogP) is 2.22. The lowest BCUT2D eigenvalue weighted by Gasteiger charge is -2.09. The molecular formula is C11H14N2. The van der Waals surface area contributed by atoms with Crippen molar-refractivity contribution in [1.82, 2.24) is 0 Å². The van der Waals surface area contributed by atoms with E-state index in [2.05, 4.69) is 26.0 Å². The molecule has 0 bridgehead atoms. The number of nitrogens with two attached hydrogens (primary N) is 1. The van der Waals surface area contributed by atoms with Crippen LogP contribution in [-0.4, -0.2) is 0 Å². The van der Waals surface area contributed by atoms with Crippen LogP contribution in [0, 0.1) is 25.2 Å². The van der Waals surface area contributed by atoms with Crippen LogP contribution in [0.15, 0.2) is 18.2 Å². The van der Waals surface area contributed by atoms with Gasteiger partial charge in [0.2, 0.25) is 0 Å². The highest BCUT2D eigenvalue weighted by molar-refractivity contribution is 5.31. The quantitative estimate of drug-likeness (QED) is 0.747. The molecule has 1 aromatic carbocycles. The maximum atomic E-state index is 8.49. The van der Waals surface area contributed by atoms with Crippen LogP contribution >= 0.6 is 0 Å². The van der Waals surface area contributed by atoms with Crippen LogP contribution in [0.4, 0.5) is 0 Å². The van der Waals surface area contributed by atoms with Crippen LogP contribution < -0.4 is 5.73 Å². The second kappa shape index (κ2) is 4.06. The summed E-state index contributed by atoms with van der Waals surface area (Å²) in [6.45, 7) is 4.12. The molecule has 0 aromatic heterocycles. The lowest BCUT2D eigenvalue weighted by Crippen LogP contribution is -2.09. The Hall–Kier alpha value is -1.33. The van der Waals surface area contributed by atoms with Gasteiger partial charge in [-0.1, -0.05) is 18.2 Å². The lowest BCUT2D eigenvalue weighted by molar-refractivity contribution is 0.747. The fourth-order valence-corrected chi connectivity index (χ4v) is 1.21. The highest BCUT2D eigenvalue weighted by atomic mass is 14.6. The summed E-state index contributed by atoms with van der Waals surface area (Å²) in [7, 11) is 0. The largest absolute Gasteiger partial charge is 0.323 e. The molecule has 0 amide bonds. The molecule has 68 valence electrons. The minimum atomic E-state index is -0.149. The molecule has 0 spiro atoms. The van der Waals surface area contributed by atoms with E-state index in [0.29, 0.717) is 6.42 Å². The summed E-state index contributed by atoms with van der Waals surface area (Å²) >= 11 is 0. The van der Waals surface area contributed by atoms with Crippen LogP contribution in [0.1, 0.15) is 29.2 Å². The van der Waals surface area contributed by atoms with E-state index in [0.717, 1.165) is 5.56 Å². The average molecular weight is 174 g/mol. The summed E-state index contributed by atoms with van der Waals surface area (Å²) in [4.78, 5) is 0. The van der Waals surface area contributed by atoms with Crippen molar-refractivity contribution in [2.24, 2.45) is 5.73 Å². The van der Waals surface area contributed by atoms with Crippen molar-refractivity contribution >= 4 is 0 Å². The average Bonchev–Trinajstić information content (AvgIpc) is 2.10. The minimum absolute atomic E-state index is 0.149. The molecule has 13 heavy (non-hydrogen) atoms. The van der Waals surface area contributed by atoms with Crippen LogP contribution in [-0.2, 0) is 0 Å².